The first-order chi connectivity index (χ1) is 14.5. The van der Waals surface area contributed by atoms with Crippen LogP contribution < -0.4 is 0 Å². The highest BCUT2D eigenvalue weighted by atomic mass is 16.6. The lowest BCUT2D eigenvalue weighted by Gasteiger charge is -2.20. The summed E-state index contributed by atoms with van der Waals surface area (Å²) in [5.41, 5.74) is 6.16. The zero-order valence-corrected chi connectivity index (χ0v) is 17.6. The van der Waals surface area contributed by atoms with Crippen LogP contribution >= 0.6 is 0 Å². The Bertz CT molecular complexity index is 1070. The Morgan fingerprint density at radius 1 is 1.10 bits per heavy atom. The third-order valence-corrected chi connectivity index (χ3v) is 5.22. The highest BCUT2D eigenvalue weighted by Crippen LogP contribution is 2.19. The Morgan fingerprint density at radius 2 is 1.87 bits per heavy atom. The van der Waals surface area contributed by atoms with Gasteiger partial charge in [0.25, 0.3) is 5.91 Å². The Kier molecular flexibility index (Phi) is 5.65. The number of rotatable bonds is 6. The molecule has 0 radical (unpaired) electrons. The monoisotopic (exact) mass is 402 g/mol. The molecule has 6 nitrogen and oxygen atoms in total. The molecule has 0 aliphatic carbocycles. The molecule has 1 aliphatic rings. The second kappa shape index (κ2) is 8.53. The molecule has 30 heavy (non-hydrogen) atoms. The average molecular weight is 402 g/mol. The zero-order chi connectivity index (χ0) is 21.1. The number of likely N-dealkylation sites (N-methyl/N-ethyl adjacent to an activating group) is 1. The number of carbonyl (C=O) groups excluding carboxylic acids is 1. The smallest absolute Gasteiger partial charge is 0.266 e. The molecule has 154 valence electrons. The van der Waals surface area contributed by atoms with Crippen molar-refractivity contribution in [1.82, 2.24) is 14.7 Å². The van der Waals surface area contributed by atoms with Crippen LogP contribution in [-0.2, 0) is 22.6 Å². The van der Waals surface area contributed by atoms with Gasteiger partial charge in [-0.15, -0.1) is 0 Å². The number of amides is 1. The molecule has 0 unspecified atom stereocenters. The molecule has 0 saturated heterocycles. The van der Waals surface area contributed by atoms with E-state index in [1.54, 1.807) is 11.9 Å². The van der Waals surface area contributed by atoms with E-state index in [0.29, 0.717) is 19.4 Å². The maximum Gasteiger partial charge on any atom is 0.266 e. The fourth-order valence-electron chi connectivity index (χ4n) is 3.77. The van der Waals surface area contributed by atoms with E-state index in [0.717, 1.165) is 28.4 Å². The molecule has 6 heteroatoms. The highest BCUT2D eigenvalue weighted by Gasteiger charge is 2.30. The molecule has 0 bridgehead atoms. The van der Waals surface area contributed by atoms with E-state index in [9.17, 15) is 4.79 Å². The van der Waals surface area contributed by atoms with E-state index < -0.39 is 6.10 Å². The summed E-state index contributed by atoms with van der Waals surface area (Å²) in [6.45, 7) is 4.52. The minimum Gasteiger partial charge on any atom is -0.382 e. The molecule has 1 atom stereocenters. The summed E-state index contributed by atoms with van der Waals surface area (Å²) in [7, 11) is 1.80. The van der Waals surface area contributed by atoms with Crippen molar-refractivity contribution >= 4 is 11.6 Å². The van der Waals surface area contributed by atoms with Gasteiger partial charge in [0.15, 0.2) is 0 Å². The quantitative estimate of drug-likeness (QED) is 0.630. The van der Waals surface area contributed by atoms with Crippen LogP contribution in [0.2, 0.25) is 0 Å². The second-order valence-corrected chi connectivity index (χ2v) is 7.82. The van der Waals surface area contributed by atoms with Gasteiger partial charge >= 0.3 is 0 Å². The lowest BCUT2D eigenvalue weighted by molar-refractivity contribution is -0.141. The van der Waals surface area contributed by atoms with E-state index in [1.807, 2.05) is 61.0 Å². The van der Waals surface area contributed by atoms with Crippen LogP contribution in [0.1, 0.15) is 28.9 Å². The molecule has 3 aromatic rings. The number of oxime groups is 1. The van der Waals surface area contributed by atoms with Gasteiger partial charge in [0.05, 0.1) is 17.1 Å². The third kappa shape index (κ3) is 4.43. The van der Waals surface area contributed by atoms with Crippen LogP contribution in [0.4, 0.5) is 0 Å². The van der Waals surface area contributed by atoms with Crippen molar-refractivity contribution in [2.24, 2.45) is 5.16 Å². The number of nitrogens with zero attached hydrogens (tertiary/aromatic N) is 4. The molecule has 0 N–H and O–H groups in total. The van der Waals surface area contributed by atoms with Gasteiger partial charge in [-0.05, 0) is 43.2 Å². The van der Waals surface area contributed by atoms with Crippen molar-refractivity contribution in [3.8, 4) is 5.69 Å². The minimum atomic E-state index is -0.548. The summed E-state index contributed by atoms with van der Waals surface area (Å²) in [6.07, 6.45) is 0.691. The van der Waals surface area contributed by atoms with Gasteiger partial charge < -0.3 is 9.74 Å². The van der Waals surface area contributed by atoms with Gasteiger partial charge in [-0.25, -0.2) is 4.68 Å². The van der Waals surface area contributed by atoms with E-state index in [4.69, 9.17) is 4.84 Å². The molecule has 2 heterocycles. The fraction of sp³-hybridized carbons (Fsp3) is 0.292. The van der Waals surface area contributed by atoms with Crippen LogP contribution in [0.15, 0.2) is 65.8 Å². The second-order valence-electron chi connectivity index (χ2n) is 7.82. The number of aryl methyl sites for hydroxylation is 2. The molecule has 4 rings (SSSR count). The molecule has 0 fully saturated rings. The Labute approximate surface area is 176 Å². The topological polar surface area (TPSA) is 59.7 Å². The molecule has 1 amide bonds. The first kappa shape index (κ1) is 19.9. The number of hydrogen-bond acceptors (Lipinski definition) is 4. The molecule has 1 aliphatic heterocycles. The van der Waals surface area contributed by atoms with Crippen LogP contribution in [0.25, 0.3) is 5.69 Å². The predicted octanol–water partition coefficient (Wildman–Crippen LogP) is 3.84. The van der Waals surface area contributed by atoms with E-state index in [-0.39, 0.29) is 5.91 Å². The number of aromatic nitrogens is 2. The van der Waals surface area contributed by atoms with Gasteiger partial charge in [0.2, 0.25) is 6.10 Å². The van der Waals surface area contributed by atoms with Gasteiger partial charge in [-0.1, -0.05) is 47.6 Å². The van der Waals surface area contributed by atoms with Crippen molar-refractivity contribution < 1.29 is 9.63 Å². The summed E-state index contributed by atoms with van der Waals surface area (Å²) in [5.74, 6) is -0.0571. The van der Waals surface area contributed by atoms with Crippen LogP contribution in [0.3, 0.4) is 0 Å². The minimum absolute atomic E-state index is 0.0571. The molecular weight excluding hydrogens is 376 g/mol. The van der Waals surface area contributed by atoms with Crippen molar-refractivity contribution in [1.29, 1.82) is 0 Å². The lowest BCUT2D eigenvalue weighted by Crippen LogP contribution is -2.36. The van der Waals surface area contributed by atoms with E-state index in [1.165, 1.54) is 5.56 Å². The van der Waals surface area contributed by atoms with Crippen LogP contribution in [-0.4, -0.2) is 39.5 Å². The van der Waals surface area contributed by atoms with Crippen LogP contribution in [0, 0.1) is 13.8 Å². The predicted molar refractivity (Wildman–Crippen MR) is 117 cm³/mol. The summed E-state index contributed by atoms with van der Waals surface area (Å²) >= 11 is 0. The average Bonchev–Trinajstić information content (AvgIpc) is 3.34. The summed E-state index contributed by atoms with van der Waals surface area (Å²) in [5, 5.41) is 8.69. The van der Waals surface area contributed by atoms with Gasteiger partial charge in [-0.2, -0.15) is 5.10 Å². The molecular formula is C24H26N4O2. The largest absolute Gasteiger partial charge is 0.382 e. The van der Waals surface area contributed by atoms with Gasteiger partial charge in [0.1, 0.15) is 0 Å². The van der Waals surface area contributed by atoms with Crippen molar-refractivity contribution in [3.63, 3.8) is 0 Å². The Hall–Kier alpha value is -3.41. The number of hydrogen-bond donors (Lipinski definition) is 0. The normalized spacial score (nSPS) is 15.6. The SMILES string of the molecule is Cc1cc(C)n(-c2cccc(CN(C)C(=O)[C@H]3CC(Cc4ccccc4)=NO3)c2)n1. The number of carbonyl (C=O) groups is 1. The maximum atomic E-state index is 12.9. The molecule has 1 aromatic heterocycles. The first-order valence-electron chi connectivity index (χ1n) is 10.1. The van der Waals surface area contributed by atoms with Gasteiger partial charge in [0, 0.05) is 32.1 Å². The van der Waals surface area contributed by atoms with E-state index in [2.05, 4.69) is 28.5 Å². The molecule has 0 saturated carbocycles. The summed E-state index contributed by atoms with van der Waals surface area (Å²) < 4.78 is 1.92. The van der Waals surface area contributed by atoms with Crippen molar-refractivity contribution in [3.05, 3.63) is 83.2 Å². The third-order valence-electron chi connectivity index (χ3n) is 5.22. The lowest BCUT2D eigenvalue weighted by atomic mass is 10.0. The number of benzene rings is 2. The van der Waals surface area contributed by atoms with Crippen molar-refractivity contribution in [2.45, 2.75) is 39.3 Å². The zero-order valence-electron chi connectivity index (χ0n) is 17.6. The molecule has 0 spiro atoms. The van der Waals surface area contributed by atoms with Crippen molar-refractivity contribution in [2.75, 3.05) is 7.05 Å². The Balaban J connectivity index is 1.37. The first-order valence-corrected chi connectivity index (χ1v) is 10.1. The van der Waals surface area contributed by atoms with E-state index >= 15 is 0 Å². The van der Waals surface area contributed by atoms with Gasteiger partial charge in [-0.3, -0.25) is 4.79 Å². The molecule has 2 aromatic carbocycles. The fourth-order valence-corrected chi connectivity index (χ4v) is 3.77. The maximum absolute atomic E-state index is 12.9. The standard InChI is InChI=1S/C24H26N4O2/c1-17-12-18(2)28(25-17)22-11-7-10-20(14-22)16-27(3)24(29)23-15-21(26-30-23)13-19-8-5-4-6-9-19/h4-12,14,23H,13,15-16H2,1-3H3/t23-/m1/s1. The summed E-state index contributed by atoms with van der Waals surface area (Å²) in [6, 6.07) is 20.3. The van der Waals surface area contributed by atoms with Crippen LogP contribution in [0.5, 0.6) is 0 Å². The highest BCUT2D eigenvalue weighted by molar-refractivity contribution is 5.93. The Morgan fingerprint density at radius 3 is 2.60 bits per heavy atom. The summed E-state index contributed by atoms with van der Waals surface area (Å²) in [4.78, 5) is 20.0.